The van der Waals surface area contributed by atoms with Gasteiger partial charge in [-0.15, -0.1) is 23.7 Å². The van der Waals surface area contributed by atoms with E-state index in [0.717, 1.165) is 40.3 Å². The summed E-state index contributed by atoms with van der Waals surface area (Å²) in [5, 5.41) is 12.5. The van der Waals surface area contributed by atoms with Crippen LogP contribution in [0.2, 0.25) is 0 Å². The first-order valence-corrected chi connectivity index (χ1v) is 9.59. The fourth-order valence-electron chi connectivity index (χ4n) is 3.47. The molecule has 3 nitrogen and oxygen atoms in total. The Labute approximate surface area is 160 Å². The molecule has 1 aromatic heterocycles. The molecule has 25 heavy (non-hydrogen) atoms. The van der Waals surface area contributed by atoms with Crippen LogP contribution in [-0.2, 0) is 6.42 Å². The predicted octanol–water partition coefficient (Wildman–Crippen LogP) is 5.30. The zero-order valence-electron chi connectivity index (χ0n) is 14.9. The number of rotatable bonds is 5. The van der Waals surface area contributed by atoms with Gasteiger partial charge in [-0.05, 0) is 68.2 Å². The number of thiophene rings is 1. The normalized spacial score (nSPS) is 14.2. The van der Waals surface area contributed by atoms with Crippen molar-refractivity contribution >= 4 is 35.2 Å². The molecular weight excluding hydrogens is 354 g/mol. The maximum atomic E-state index is 12.3. The second-order valence-corrected chi connectivity index (χ2v) is 7.55. The van der Waals surface area contributed by atoms with Gasteiger partial charge in [0.05, 0.1) is 4.88 Å². The van der Waals surface area contributed by atoms with E-state index in [1.165, 1.54) is 30.6 Å². The molecule has 1 aromatic carbocycles. The van der Waals surface area contributed by atoms with E-state index in [2.05, 4.69) is 11.0 Å². The van der Waals surface area contributed by atoms with Crippen molar-refractivity contribution in [2.75, 3.05) is 18.0 Å². The van der Waals surface area contributed by atoms with Crippen molar-refractivity contribution in [2.24, 2.45) is 0 Å². The Kier molecular flexibility index (Phi) is 6.91. The number of carbonyl (C=O) groups is 1. The maximum absolute atomic E-state index is 12.3. The van der Waals surface area contributed by atoms with E-state index in [4.69, 9.17) is 0 Å². The second kappa shape index (κ2) is 8.72. The van der Waals surface area contributed by atoms with Crippen molar-refractivity contribution in [3.63, 3.8) is 0 Å². The molecule has 0 amide bonds. The fraction of sp³-hybridized carbons (Fsp3) is 0.450. The molecule has 1 fully saturated rings. The summed E-state index contributed by atoms with van der Waals surface area (Å²) in [4.78, 5) is 15.5. The molecule has 0 radical (unpaired) electrons. The van der Waals surface area contributed by atoms with Gasteiger partial charge < -0.3 is 10.0 Å². The highest BCUT2D eigenvalue weighted by molar-refractivity contribution is 7.12. The van der Waals surface area contributed by atoms with Gasteiger partial charge in [-0.2, -0.15) is 0 Å². The van der Waals surface area contributed by atoms with Crippen LogP contribution in [0, 0.1) is 13.8 Å². The van der Waals surface area contributed by atoms with Gasteiger partial charge in [-0.3, -0.25) is 4.79 Å². The van der Waals surface area contributed by atoms with E-state index < -0.39 is 0 Å². The average molecular weight is 380 g/mol. The molecule has 1 aliphatic rings. The van der Waals surface area contributed by atoms with Crippen LogP contribution < -0.4 is 4.90 Å². The number of nitrogens with zero attached hydrogens (tertiary/aromatic N) is 1. The number of ketones is 1. The number of halogens is 1. The molecular formula is C20H26ClNO2S. The average Bonchev–Trinajstić information content (AvgIpc) is 3.14. The molecule has 2 aromatic rings. The maximum Gasteiger partial charge on any atom is 0.173 e. The number of benzene rings is 1. The van der Waals surface area contributed by atoms with Crippen LogP contribution in [0.15, 0.2) is 23.6 Å². The number of phenolic OH excluding ortho intramolecular Hbond substituents is 1. The minimum atomic E-state index is 0. The molecule has 0 saturated carbocycles. The number of carbonyl (C=O) groups excluding carboxylic acids is 1. The van der Waals surface area contributed by atoms with Crippen LogP contribution in [0.4, 0.5) is 5.69 Å². The summed E-state index contributed by atoms with van der Waals surface area (Å²) in [6, 6.07) is 5.98. The highest BCUT2D eigenvalue weighted by Crippen LogP contribution is 2.35. The smallest absolute Gasteiger partial charge is 0.173 e. The number of phenols is 1. The third-order valence-corrected chi connectivity index (χ3v) is 5.91. The largest absolute Gasteiger partial charge is 0.507 e. The van der Waals surface area contributed by atoms with Crippen LogP contribution in [0.5, 0.6) is 5.75 Å². The lowest BCUT2D eigenvalue weighted by Gasteiger charge is -2.31. The number of anilines is 1. The Morgan fingerprint density at radius 2 is 1.92 bits per heavy atom. The van der Waals surface area contributed by atoms with E-state index in [0.29, 0.717) is 18.6 Å². The summed E-state index contributed by atoms with van der Waals surface area (Å²) >= 11 is 1.49. The zero-order valence-corrected chi connectivity index (χ0v) is 16.5. The Hall–Kier alpha value is -1.52. The summed E-state index contributed by atoms with van der Waals surface area (Å²) in [6.07, 6.45) is 4.87. The molecule has 0 unspecified atom stereocenters. The molecule has 2 heterocycles. The van der Waals surface area contributed by atoms with Gasteiger partial charge in [0.2, 0.25) is 0 Å². The lowest BCUT2D eigenvalue weighted by Crippen LogP contribution is -2.30. The van der Waals surface area contributed by atoms with Gasteiger partial charge in [-0.25, -0.2) is 0 Å². The van der Waals surface area contributed by atoms with Crippen molar-refractivity contribution in [3.05, 3.63) is 45.1 Å². The van der Waals surface area contributed by atoms with Gasteiger partial charge >= 0.3 is 0 Å². The number of aryl methyl sites for hydroxylation is 1. The lowest BCUT2D eigenvalue weighted by molar-refractivity contribution is 0.0986. The van der Waals surface area contributed by atoms with Gasteiger partial charge in [0.1, 0.15) is 5.75 Å². The Morgan fingerprint density at radius 1 is 1.20 bits per heavy atom. The van der Waals surface area contributed by atoms with Gasteiger partial charge in [0.25, 0.3) is 0 Å². The third kappa shape index (κ3) is 4.36. The van der Waals surface area contributed by atoms with Crippen LogP contribution >= 0.6 is 23.7 Å². The summed E-state index contributed by atoms with van der Waals surface area (Å²) in [5.74, 6) is 0.570. The van der Waals surface area contributed by atoms with Crippen LogP contribution in [0.25, 0.3) is 0 Å². The van der Waals surface area contributed by atoms with Gasteiger partial charge in [0, 0.05) is 30.8 Å². The molecule has 3 rings (SSSR count). The van der Waals surface area contributed by atoms with Crippen LogP contribution in [0.1, 0.15) is 52.0 Å². The van der Waals surface area contributed by atoms with Crippen molar-refractivity contribution in [1.82, 2.24) is 0 Å². The Morgan fingerprint density at radius 3 is 2.56 bits per heavy atom. The molecule has 136 valence electrons. The first-order valence-electron chi connectivity index (χ1n) is 8.71. The summed E-state index contributed by atoms with van der Waals surface area (Å²) < 4.78 is 0. The molecule has 0 bridgehead atoms. The first-order chi connectivity index (χ1) is 11.6. The lowest BCUT2D eigenvalue weighted by atomic mass is 9.96. The Bertz CT molecular complexity index is 722. The fourth-order valence-corrected chi connectivity index (χ4v) is 4.16. The van der Waals surface area contributed by atoms with E-state index in [1.807, 2.05) is 31.4 Å². The molecule has 0 atom stereocenters. The minimum Gasteiger partial charge on any atom is -0.507 e. The SMILES string of the molecule is Cc1c(CCC(=O)c2cccs2)cc(N2CCCCC2)c(C)c1O.Cl. The van der Waals surface area contributed by atoms with E-state index in [-0.39, 0.29) is 18.2 Å². The number of aromatic hydroxyl groups is 1. The van der Waals surface area contributed by atoms with Crippen LogP contribution in [-0.4, -0.2) is 24.0 Å². The highest BCUT2D eigenvalue weighted by atomic mass is 35.5. The molecule has 1 saturated heterocycles. The predicted molar refractivity (Wildman–Crippen MR) is 108 cm³/mol. The zero-order chi connectivity index (χ0) is 17.1. The monoisotopic (exact) mass is 379 g/mol. The van der Waals surface area contributed by atoms with Crippen molar-refractivity contribution in [2.45, 2.75) is 46.0 Å². The molecule has 0 spiro atoms. The van der Waals surface area contributed by atoms with Crippen LogP contribution in [0.3, 0.4) is 0 Å². The van der Waals surface area contributed by atoms with Gasteiger partial charge in [-0.1, -0.05) is 6.07 Å². The van der Waals surface area contributed by atoms with Gasteiger partial charge in [0.15, 0.2) is 5.78 Å². The second-order valence-electron chi connectivity index (χ2n) is 6.60. The number of hydrogen-bond acceptors (Lipinski definition) is 4. The summed E-state index contributed by atoms with van der Waals surface area (Å²) in [6.45, 7) is 6.05. The number of Topliss-reactive ketones (excluding diaryl/α,β-unsaturated/α-hetero) is 1. The number of piperidine rings is 1. The van der Waals surface area contributed by atoms with E-state index in [9.17, 15) is 9.90 Å². The topological polar surface area (TPSA) is 40.5 Å². The van der Waals surface area contributed by atoms with Crippen molar-refractivity contribution in [1.29, 1.82) is 0 Å². The minimum absolute atomic E-state index is 0. The molecule has 5 heteroatoms. The van der Waals surface area contributed by atoms with E-state index in [1.54, 1.807) is 0 Å². The summed E-state index contributed by atoms with van der Waals surface area (Å²) in [5.41, 5.74) is 4.09. The van der Waals surface area contributed by atoms with Crippen molar-refractivity contribution < 1.29 is 9.90 Å². The molecule has 1 aliphatic heterocycles. The quantitative estimate of drug-likeness (QED) is 0.716. The first kappa shape index (κ1) is 19.8. The summed E-state index contributed by atoms with van der Waals surface area (Å²) in [7, 11) is 0. The van der Waals surface area contributed by atoms with Crippen molar-refractivity contribution in [3.8, 4) is 5.75 Å². The molecule has 0 aliphatic carbocycles. The standard InChI is InChI=1S/C20H25NO2S.ClH/c1-14-16(8-9-18(22)19-7-6-12-24-19)13-17(15(2)20(14)23)21-10-4-3-5-11-21;/h6-7,12-13,23H,3-5,8-11H2,1-2H3;1H. The third-order valence-electron chi connectivity index (χ3n) is 5.00. The Balaban J connectivity index is 0.00000225. The number of hydrogen-bond donors (Lipinski definition) is 1. The molecule has 1 N–H and O–H groups in total. The van der Waals surface area contributed by atoms with E-state index >= 15 is 0 Å². The highest BCUT2D eigenvalue weighted by Gasteiger charge is 2.19.